The molecule has 0 fully saturated rings. The van der Waals surface area contributed by atoms with E-state index in [2.05, 4.69) is 10.3 Å². The lowest BCUT2D eigenvalue weighted by Crippen LogP contribution is -2.03. The quantitative estimate of drug-likeness (QED) is 0.738. The lowest BCUT2D eigenvalue weighted by molar-refractivity contribution is 0.307. The number of nitrogens with one attached hydrogen (secondary N) is 1. The smallest absolute Gasteiger partial charge is 0.239 e. The van der Waals surface area contributed by atoms with Crippen LogP contribution in [0.25, 0.3) is 0 Å². The van der Waals surface area contributed by atoms with E-state index in [1.54, 1.807) is 6.07 Å². The standard InChI is InChI=1S/C9H15N3O/c1-3-6-13-9-7(10)4-5-8(11-2)12-9/h4-5H,3,6,10H2,1-2H3,(H,11,12). The number of nitrogens with two attached hydrogens (primary N) is 1. The van der Waals surface area contributed by atoms with Crippen LogP contribution >= 0.6 is 0 Å². The van der Waals surface area contributed by atoms with Crippen LogP contribution in [0.2, 0.25) is 0 Å². The molecule has 0 aliphatic carbocycles. The first kappa shape index (κ1) is 9.64. The minimum absolute atomic E-state index is 0.508. The predicted octanol–water partition coefficient (Wildman–Crippen LogP) is 1.49. The Hall–Kier alpha value is -1.45. The summed E-state index contributed by atoms with van der Waals surface area (Å²) in [6.45, 7) is 2.68. The molecule has 0 aliphatic rings. The maximum Gasteiger partial charge on any atom is 0.239 e. The van der Waals surface area contributed by atoms with E-state index in [1.165, 1.54) is 0 Å². The van der Waals surface area contributed by atoms with Crippen molar-refractivity contribution in [1.82, 2.24) is 4.98 Å². The first-order valence-corrected chi connectivity index (χ1v) is 4.35. The molecule has 1 aromatic heterocycles. The van der Waals surface area contributed by atoms with Gasteiger partial charge in [0.15, 0.2) is 0 Å². The molecule has 0 bridgehead atoms. The second kappa shape index (κ2) is 4.54. The lowest BCUT2D eigenvalue weighted by Gasteiger charge is -2.07. The number of pyridine rings is 1. The summed E-state index contributed by atoms with van der Waals surface area (Å²) in [5, 5.41) is 2.92. The van der Waals surface area contributed by atoms with E-state index >= 15 is 0 Å². The molecule has 0 amide bonds. The normalized spacial score (nSPS) is 9.69. The largest absolute Gasteiger partial charge is 0.476 e. The molecule has 0 aliphatic heterocycles. The van der Waals surface area contributed by atoms with E-state index in [1.807, 2.05) is 20.0 Å². The number of rotatable bonds is 4. The van der Waals surface area contributed by atoms with E-state index in [0.29, 0.717) is 18.2 Å². The van der Waals surface area contributed by atoms with E-state index in [-0.39, 0.29) is 0 Å². The molecule has 0 aromatic carbocycles. The minimum atomic E-state index is 0.508. The highest BCUT2D eigenvalue weighted by Crippen LogP contribution is 2.20. The molecule has 4 nitrogen and oxygen atoms in total. The third kappa shape index (κ3) is 2.50. The number of anilines is 2. The van der Waals surface area contributed by atoms with Crippen molar-refractivity contribution in [2.45, 2.75) is 13.3 Å². The summed E-state index contributed by atoms with van der Waals surface area (Å²) < 4.78 is 5.35. The highest BCUT2D eigenvalue weighted by atomic mass is 16.5. The fraction of sp³-hybridized carbons (Fsp3) is 0.444. The van der Waals surface area contributed by atoms with Gasteiger partial charge in [-0.2, -0.15) is 4.98 Å². The molecule has 3 N–H and O–H groups in total. The molecular formula is C9H15N3O. The topological polar surface area (TPSA) is 60.2 Å². The van der Waals surface area contributed by atoms with Crippen molar-refractivity contribution in [3.05, 3.63) is 12.1 Å². The van der Waals surface area contributed by atoms with Crippen LogP contribution in [0.15, 0.2) is 12.1 Å². The molecule has 1 rings (SSSR count). The van der Waals surface area contributed by atoms with Crippen LogP contribution in [0.4, 0.5) is 11.5 Å². The first-order valence-electron chi connectivity index (χ1n) is 4.35. The molecule has 72 valence electrons. The van der Waals surface area contributed by atoms with Crippen molar-refractivity contribution in [3.63, 3.8) is 0 Å². The second-order valence-electron chi connectivity index (χ2n) is 2.69. The Morgan fingerprint density at radius 3 is 2.92 bits per heavy atom. The van der Waals surface area contributed by atoms with Crippen molar-refractivity contribution in [2.24, 2.45) is 0 Å². The van der Waals surface area contributed by atoms with Crippen molar-refractivity contribution < 1.29 is 4.74 Å². The molecule has 0 saturated heterocycles. The Bertz CT molecular complexity index is 276. The number of nitrogen functional groups attached to an aromatic ring is 1. The summed E-state index contributed by atoms with van der Waals surface area (Å²) in [7, 11) is 1.81. The molecule has 1 aromatic rings. The zero-order valence-corrected chi connectivity index (χ0v) is 8.00. The second-order valence-corrected chi connectivity index (χ2v) is 2.69. The molecule has 0 radical (unpaired) electrons. The van der Waals surface area contributed by atoms with Gasteiger partial charge in [-0.05, 0) is 18.6 Å². The van der Waals surface area contributed by atoms with Crippen LogP contribution in [-0.2, 0) is 0 Å². The van der Waals surface area contributed by atoms with Gasteiger partial charge in [0, 0.05) is 7.05 Å². The zero-order chi connectivity index (χ0) is 9.68. The van der Waals surface area contributed by atoms with Gasteiger partial charge < -0.3 is 15.8 Å². The van der Waals surface area contributed by atoms with Crippen LogP contribution in [0.5, 0.6) is 5.88 Å². The van der Waals surface area contributed by atoms with Gasteiger partial charge in [-0.1, -0.05) is 6.92 Å². The minimum Gasteiger partial charge on any atom is -0.476 e. The Morgan fingerprint density at radius 2 is 2.31 bits per heavy atom. The number of aromatic nitrogens is 1. The fourth-order valence-corrected chi connectivity index (χ4v) is 0.905. The van der Waals surface area contributed by atoms with E-state index in [4.69, 9.17) is 10.5 Å². The number of hydrogen-bond acceptors (Lipinski definition) is 4. The number of ether oxygens (including phenoxy) is 1. The van der Waals surface area contributed by atoms with Crippen molar-refractivity contribution in [1.29, 1.82) is 0 Å². The van der Waals surface area contributed by atoms with Crippen molar-refractivity contribution in [3.8, 4) is 5.88 Å². The molecule has 0 atom stereocenters. The fourth-order valence-electron chi connectivity index (χ4n) is 0.905. The maximum absolute atomic E-state index is 5.67. The van der Waals surface area contributed by atoms with Gasteiger partial charge in [0.05, 0.1) is 12.3 Å². The van der Waals surface area contributed by atoms with Crippen molar-refractivity contribution in [2.75, 3.05) is 24.7 Å². The van der Waals surface area contributed by atoms with Gasteiger partial charge >= 0.3 is 0 Å². The zero-order valence-electron chi connectivity index (χ0n) is 8.00. The van der Waals surface area contributed by atoms with Crippen LogP contribution in [-0.4, -0.2) is 18.6 Å². The summed E-state index contributed by atoms with van der Waals surface area (Å²) in [4.78, 5) is 4.17. The highest BCUT2D eigenvalue weighted by molar-refractivity contribution is 5.53. The predicted molar refractivity (Wildman–Crippen MR) is 54.0 cm³/mol. The summed E-state index contributed by atoms with van der Waals surface area (Å²) in [5.41, 5.74) is 6.25. The molecule has 0 saturated carbocycles. The summed E-state index contributed by atoms with van der Waals surface area (Å²) in [5.74, 6) is 1.27. The highest BCUT2D eigenvalue weighted by Gasteiger charge is 2.02. The average molecular weight is 181 g/mol. The van der Waals surface area contributed by atoms with Gasteiger partial charge in [0.1, 0.15) is 5.82 Å². The van der Waals surface area contributed by atoms with Gasteiger partial charge in [0.2, 0.25) is 5.88 Å². The molecule has 0 unspecified atom stereocenters. The van der Waals surface area contributed by atoms with Crippen LogP contribution in [0.1, 0.15) is 13.3 Å². The molecule has 1 heterocycles. The van der Waals surface area contributed by atoms with E-state index in [9.17, 15) is 0 Å². The summed E-state index contributed by atoms with van der Waals surface area (Å²) >= 11 is 0. The molecular weight excluding hydrogens is 166 g/mol. The maximum atomic E-state index is 5.67. The van der Waals surface area contributed by atoms with Crippen LogP contribution in [0.3, 0.4) is 0 Å². The lowest BCUT2D eigenvalue weighted by atomic mass is 10.4. The third-order valence-electron chi connectivity index (χ3n) is 1.59. The molecule has 13 heavy (non-hydrogen) atoms. The van der Waals surface area contributed by atoms with E-state index < -0.39 is 0 Å². The van der Waals surface area contributed by atoms with Gasteiger partial charge in [-0.25, -0.2) is 0 Å². The SMILES string of the molecule is CCCOc1nc(NC)ccc1N. The summed E-state index contributed by atoms with van der Waals surface area (Å²) in [6, 6.07) is 3.60. The van der Waals surface area contributed by atoms with Crippen molar-refractivity contribution >= 4 is 11.5 Å². The number of hydrogen-bond donors (Lipinski definition) is 2. The average Bonchev–Trinajstić information content (AvgIpc) is 2.17. The Kier molecular flexibility index (Phi) is 3.37. The Labute approximate surface area is 78.1 Å². The number of nitrogens with zero attached hydrogens (tertiary/aromatic N) is 1. The van der Waals surface area contributed by atoms with E-state index in [0.717, 1.165) is 12.2 Å². The summed E-state index contributed by atoms with van der Waals surface area (Å²) in [6.07, 6.45) is 0.949. The molecule has 0 spiro atoms. The van der Waals surface area contributed by atoms with Crippen LogP contribution < -0.4 is 15.8 Å². The Balaban J connectivity index is 2.78. The monoisotopic (exact) mass is 181 g/mol. The van der Waals surface area contributed by atoms with Gasteiger partial charge in [0.25, 0.3) is 0 Å². The molecule has 4 heteroatoms. The Morgan fingerprint density at radius 1 is 1.54 bits per heavy atom. The first-order chi connectivity index (χ1) is 6.27. The van der Waals surface area contributed by atoms with Gasteiger partial charge in [-0.3, -0.25) is 0 Å². The third-order valence-corrected chi connectivity index (χ3v) is 1.59. The van der Waals surface area contributed by atoms with Crippen LogP contribution in [0, 0.1) is 0 Å². The van der Waals surface area contributed by atoms with Gasteiger partial charge in [-0.15, -0.1) is 0 Å².